The Kier molecular flexibility index (Phi) is 6.50. The minimum Gasteiger partial charge on any atom is -0.493 e. The summed E-state index contributed by atoms with van der Waals surface area (Å²) in [6, 6.07) is 9.57. The summed E-state index contributed by atoms with van der Waals surface area (Å²) in [5.41, 5.74) is 0.399. The van der Waals surface area contributed by atoms with E-state index in [9.17, 15) is 9.59 Å². The lowest BCUT2D eigenvalue weighted by molar-refractivity contribution is -0.119. The molecule has 132 valence electrons. The van der Waals surface area contributed by atoms with Crippen molar-refractivity contribution >= 4 is 40.8 Å². The summed E-state index contributed by atoms with van der Waals surface area (Å²) in [6.45, 7) is -0.513. The first-order valence-corrected chi connectivity index (χ1v) is 7.85. The van der Waals surface area contributed by atoms with Crippen molar-refractivity contribution in [3.63, 3.8) is 0 Å². The molecule has 1 amide bonds. The summed E-state index contributed by atoms with van der Waals surface area (Å²) >= 11 is 11.9. The molecule has 0 radical (unpaired) electrons. The third-order valence-corrected chi connectivity index (χ3v) is 3.81. The number of esters is 1. The third kappa shape index (κ3) is 4.55. The van der Waals surface area contributed by atoms with Crippen LogP contribution in [0.4, 0.5) is 5.69 Å². The van der Waals surface area contributed by atoms with E-state index in [0.717, 1.165) is 0 Å². The van der Waals surface area contributed by atoms with Crippen molar-refractivity contribution in [3.05, 3.63) is 52.0 Å². The molecule has 2 rings (SSSR count). The van der Waals surface area contributed by atoms with Crippen molar-refractivity contribution in [3.8, 4) is 11.5 Å². The van der Waals surface area contributed by atoms with Gasteiger partial charge in [0.05, 0.1) is 30.0 Å². The molecular formula is C17H15Cl2NO5. The van der Waals surface area contributed by atoms with Crippen LogP contribution in [-0.4, -0.2) is 32.7 Å². The number of rotatable bonds is 6. The number of ether oxygens (including phenoxy) is 3. The lowest BCUT2D eigenvalue weighted by Gasteiger charge is -2.12. The van der Waals surface area contributed by atoms with Gasteiger partial charge in [0, 0.05) is 0 Å². The first-order chi connectivity index (χ1) is 12.0. The SMILES string of the molecule is COc1cccc(C(=O)OCC(=O)Nc2c(Cl)cccc2Cl)c1OC. The van der Waals surface area contributed by atoms with Crippen molar-refractivity contribution in [2.45, 2.75) is 0 Å². The number of para-hydroxylation sites is 2. The lowest BCUT2D eigenvalue weighted by atomic mass is 10.2. The van der Waals surface area contributed by atoms with Crippen LogP contribution in [0.2, 0.25) is 10.0 Å². The number of halogens is 2. The van der Waals surface area contributed by atoms with Gasteiger partial charge in [0.15, 0.2) is 18.1 Å². The molecule has 2 aromatic carbocycles. The Balaban J connectivity index is 2.04. The Bertz CT molecular complexity index is 774. The Morgan fingerprint density at radius 3 is 2.24 bits per heavy atom. The summed E-state index contributed by atoms with van der Waals surface area (Å²) in [5, 5.41) is 3.06. The molecule has 8 heteroatoms. The monoisotopic (exact) mass is 383 g/mol. The molecule has 0 aliphatic carbocycles. The van der Waals surface area contributed by atoms with Crippen LogP contribution in [0, 0.1) is 0 Å². The molecule has 0 saturated heterocycles. The molecule has 0 spiro atoms. The van der Waals surface area contributed by atoms with E-state index < -0.39 is 18.5 Å². The van der Waals surface area contributed by atoms with E-state index in [1.807, 2.05) is 0 Å². The summed E-state index contributed by atoms with van der Waals surface area (Å²) in [7, 11) is 2.86. The predicted octanol–water partition coefficient (Wildman–Crippen LogP) is 3.81. The number of methoxy groups -OCH3 is 2. The molecule has 0 aliphatic heterocycles. The fourth-order valence-corrected chi connectivity index (χ4v) is 2.54. The zero-order chi connectivity index (χ0) is 18.4. The number of benzene rings is 2. The van der Waals surface area contributed by atoms with Gasteiger partial charge in [0.25, 0.3) is 5.91 Å². The van der Waals surface area contributed by atoms with Crippen LogP contribution in [0.1, 0.15) is 10.4 Å². The highest BCUT2D eigenvalue weighted by molar-refractivity contribution is 6.39. The van der Waals surface area contributed by atoms with Crippen LogP contribution in [0.15, 0.2) is 36.4 Å². The standard InChI is InChI=1S/C17H15Cl2NO5/c1-23-13-8-3-5-10(16(13)24-2)17(22)25-9-14(21)20-15-11(18)6-4-7-12(15)19/h3-8H,9H2,1-2H3,(H,20,21). The highest BCUT2D eigenvalue weighted by Gasteiger charge is 2.19. The number of hydrogen-bond acceptors (Lipinski definition) is 5. The zero-order valence-corrected chi connectivity index (χ0v) is 15.0. The maximum absolute atomic E-state index is 12.2. The Labute approximate surface area is 154 Å². The second-order valence-corrected chi connectivity index (χ2v) is 5.58. The van der Waals surface area contributed by atoms with Crippen LogP contribution in [0.3, 0.4) is 0 Å². The van der Waals surface area contributed by atoms with E-state index in [1.54, 1.807) is 30.3 Å². The van der Waals surface area contributed by atoms with Gasteiger partial charge in [-0.3, -0.25) is 4.79 Å². The number of nitrogens with one attached hydrogen (secondary N) is 1. The van der Waals surface area contributed by atoms with Crippen LogP contribution in [-0.2, 0) is 9.53 Å². The number of carbonyl (C=O) groups excluding carboxylic acids is 2. The van der Waals surface area contributed by atoms with Crippen molar-refractivity contribution < 1.29 is 23.8 Å². The number of hydrogen-bond donors (Lipinski definition) is 1. The molecule has 0 aliphatic rings. The summed E-state index contributed by atoms with van der Waals surface area (Å²) < 4.78 is 15.3. The van der Waals surface area contributed by atoms with E-state index in [-0.39, 0.29) is 27.0 Å². The maximum atomic E-state index is 12.2. The normalized spacial score (nSPS) is 10.1. The molecule has 0 unspecified atom stereocenters. The van der Waals surface area contributed by atoms with Gasteiger partial charge >= 0.3 is 5.97 Å². The largest absolute Gasteiger partial charge is 0.493 e. The van der Waals surface area contributed by atoms with Crippen LogP contribution in [0.5, 0.6) is 11.5 Å². The second-order valence-electron chi connectivity index (χ2n) is 4.76. The third-order valence-electron chi connectivity index (χ3n) is 3.18. The summed E-state index contributed by atoms with van der Waals surface area (Å²) in [6.07, 6.45) is 0. The Hall–Kier alpha value is -2.44. The first-order valence-electron chi connectivity index (χ1n) is 7.10. The molecule has 25 heavy (non-hydrogen) atoms. The van der Waals surface area contributed by atoms with Crippen LogP contribution < -0.4 is 14.8 Å². The topological polar surface area (TPSA) is 73.9 Å². The van der Waals surface area contributed by atoms with Gasteiger partial charge < -0.3 is 19.5 Å². The fourth-order valence-electron chi connectivity index (χ4n) is 2.05. The van der Waals surface area contributed by atoms with Crippen molar-refractivity contribution in [1.29, 1.82) is 0 Å². The molecule has 6 nitrogen and oxygen atoms in total. The minimum atomic E-state index is -0.726. The van der Waals surface area contributed by atoms with Crippen molar-refractivity contribution in [2.75, 3.05) is 26.1 Å². The van der Waals surface area contributed by atoms with Crippen LogP contribution in [0.25, 0.3) is 0 Å². The summed E-state index contributed by atoms with van der Waals surface area (Å²) in [4.78, 5) is 24.2. The van der Waals surface area contributed by atoms with Gasteiger partial charge in [-0.2, -0.15) is 0 Å². The lowest BCUT2D eigenvalue weighted by Crippen LogP contribution is -2.21. The first kappa shape index (κ1) is 18.9. The second kappa shape index (κ2) is 8.60. The predicted molar refractivity (Wildman–Crippen MR) is 94.9 cm³/mol. The molecule has 0 atom stereocenters. The smallest absolute Gasteiger partial charge is 0.342 e. The van der Waals surface area contributed by atoms with E-state index in [4.69, 9.17) is 37.4 Å². The van der Waals surface area contributed by atoms with E-state index in [2.05, 4.69) is 5.32 Å². The molecule has 0 saturated carbocycles. The van der Waals surface area contributed by atoms with E-state index in [1.165, 1.54) is 20.3 Å². The molecule has 1 N–H and O–H groups in total. The molecule has 0 aromatic heterocycles. The van der Waals surface area contributed by atoms with Gasteiger partial charge in [-0.15, -0.1) is 0 Å². The average Bonchev–Trinajstić information content (AvgIpc) is 2.62. The van der Waals surface area contributed by atoms with Gasteiger partial charge in [0.1, 0.15) is 5.56 Å². The Morgan fingerprint density at radius 1 is 1.00 bits per heavy atom. The number of carbonyl (C=O) groups is 2. The molecule has 2 aromatic rings. The van der Waals surface area contributed by atoms with E-state index in [0.29, 0.717) is 5.75 Å². The van der Waals surface area contributed by atoms with Gasteiger partial charge in [-0.05, 0) is 24.3 Å². The average molecular weight is 384 g/mol. The molecular weight excluding hydrogens is 369 g/mol. The van der Waals surface area contributed by atoms with E-state index >= 15 is 0 Å². The van der Waals surface area contributed by atoms with Gasteiger partial charge in [0.2, 0.25) is 0 Å². The maximum Gasteiger partial charge on any atom is 0.342 e. The highest BCUT2D eigenvalue weighted by Crippen LogP contribution is 2.31. The fraction of sp³-hybridized carbons (Fsp3) is 0.176. The number of amides is 1. The highest BCUT2D eigenvalue weighted by atomic mass is 35.5. The molecule has 0 heterocycles. The Morgan fingerprint density at radius 2 is 1.64 bits per heavy atom. The van der Waals surface area contributed by atoms with Crippen molar-refractivity contribution in [2.24, 2.45) is 0 Å². The molecule has 0 bridgehead atoms. The quantitative estimate of drug-likeness (QED) is 0.767. The summed E-state index contributed by atoms with van der Waals surface area (Å²) in [5.74, 6) is -0.699. The van der Waals surface area contributed by atoms with Crippen LogP contribution >= 0.6 is 23.2 Å². The molecule has 0 fully saturated rings. The van der Waals surface area contributed by atoms with Gasteiger partial charge in [-0.25, -0.2) is 4.79 Å². The minimum absolute atomic E-state index is 0.144. The number of anilines is 1. The zero-order valence-electron chi connectivity index (χ0n) is 13.5. The van der Waals surface area contributed by atoms with Crippen molar-refractivity contribution in [1.82, 2.24) is 0 Å². The van der Waals surface area contributed by atoms with Gasteiger partial charge in [-0.1, -0.05) is 35.3 Å².